The predicted octanol–water partition coefficient (Wildman–Crippen LogP) is 2.63. The van der Waals surface area contributed by atoms with E-state index < -0.39 is 17.7 Å². The molecule has 0 atom stereocenters. The van der Waals surface area contributed by atoms with Crippen molar-refractivity contribution in [2.45, 2.75) is 26.6 Å². The molecule has 0 unspecified atom stereocenters. The highest BCUT2D eigenvalue weighted by atomic mass is 16.7. The van der Waals surface area contributed by atoms with Crippen LogP contribution in [0.1, 0.15) is 26.3 Å². The van der Waals surface area contributed by atoms with Crippen LogP contribution in [0.25, 0.3) is 5.57 Å². The fourth-order valence-electron chi connectivity index (χ4n) is 2.71. The summed E-state index contributed by atoms with van der Waals surface area (Å²) in [5.74, 6) is -2.56. The van der Waals surface area contributed by atoms with Gasteiger partial charge in [-0.1, -0.05) is 18.2 Å². The Bertz CT molecular complexity index is 721. The van der Waals surface area contributed by atoms with Gasteiger partial charge >= 0.3 is 11.9 Å². The molecule has 1 saturated heterocycles. The molecule has 0 saturated carbocycles. The molecular weight excluding hydrogens is 282 g/mol. The number of likely N-dealkylation sites (N-methyl/N-ethyl adjacent to an activating group) is 1. The van der Waals surface area contributed by atoms with Gasteiger partial charge in [-0.25, -0.2) is 9.59 Å². The Balaban J connectivity index is 2.15. The largest absolute Gasteiger partial charge is 0.419 e. The van der Waals surface area contributed by atoms with E-state index in [1.54, 1.807) is 11.0 Å². The van der Waals surface area contributed by atoms with Crippen LogP contribution in [0.3, 0.4) is 0 Å². The van der Waals surface area contributed by atoms with Crippen LogP contribution in [-0.4, -0.2) is 24.8 Å². The van der Waals surface area contributed by atoms with Gasteiger partial charge in [0.25, 0.3) is 5.79 Å². The molecule has 1 aromatic carbocycles. The molecule has 0 amide bonds. The van der Waals surface area contributed by atoms with E-state index in [1.165, 1.54) is 13.8 Å². The molecule has 1 aromatic rings. The summed E-state index contributed by atoms with van der Waals surface area (Å²) in [5.41, 5.74) is 3.38. The number of esters is 2. The summed E-state index contributed by atoms with van der Waals surface area (Å²) in [6.45, 7) is 5.01. The minimum absolute atomic E-state index is 0.0734. The summed E-state index contributed by atoms with van der Waals surface area (Å²) in [7, 11) is 1.81. The zero-order valence-electron chi connectivity index (χ0n) is 13.0. The number of hydrogen-bond donors (Lipinski definition) is 0. The Kier molecular flexibility index (Phi) is 3.09. The standard InChI is InChI=1S/C17H17NO4/c1-10-9-13(18(4)12-8-6-5-7-11(10)12)14-15(19)21-17(2,3)22-16(14)20/h5-9H,1-4H3. The van der Waals surface area contributed by atoms with E-state index in [0.717, 1.165) is 16.8 Å². The Labute approximate surface area is 128 Å². The fourth-order valence-corrected chi connectivity index (χ4v) is 2.71. The zero-order valence-corrected chi connectivity index (χ0v) is 13.0. The second-order valence-electron chi connectivity index (χ2n) is 5.84. The number of carbonyl (C=O) groups excluding carboxylic acids is 2. The quantitative estimate of drug-likeness (QED) is 0.419. The summed E-state index contributed by atoms with van der Waals surface area (Å²) < 4.78 is 10.4. The Morgan fingerprint density at radius 2 is 1.64 bits per heavy atom. The second kappa shape index (κ2) is 4.73. The maximum Gasteiger partial charge on any atom is 0.351 e. The smallest absolute Gasteiger partial charge is 0.351 e. The molecule has 0 N–H and O–H groups in total. The molecule has 1 fully saturated rings. The van der Waals surface area contributed by atoms with Crippen molar-refractivity contribution in [1.29, 1.82) is 0 Å². The van der Waals surface area contributed by atoms with Crippen molar-refractivity contribution >= 4 is 23.2 Å². The molecule has 114 valence electrons. The summed E-state index contributed by atoms with van der Waals surface area (Å²) in [6, 6.07) is 7.81. The first-order valence-corrected chi connectivity index (χ1v) is 7.02. The third kappa shape index (κ3) is 2.19. The average Bonchev–Trinajstić information content (AvgIpc) is 2.42. The first kappa shape index (κ1) is 14.4. The maximum atomic E-state index is 12.2. The second-order valence-corrected chi connectivity index (χ2v) is 5.84. The number of allylic oxidation sites excluding steroid dienone is 2. The first-order chi connectivity index (χ1) is 10.3. The molecule has 3 rings (SSSR count). The minimum atomic E-state index is -1.23. The van der Waals surface area contributed by atoms with Gasteiger partial charge in [-0.3, -0.25) is 0 Å². The van der Waals surface area contributed by atoms with Crippen LogP contribution in [0, 0.1) is 0 Å². The van der Waals surface area contributed by atoms with Crippen LogP contribution in [0.5, 0.6) is 0 Å². The van der Waals surface area contributed by atoms with Gasteiger partial charge in [0.05, 0.1) is 5.70 Å². The van der Waals surface area contributed by atoms with Crippen LogP contribution in [0.2, 0.25) is 0 Å². The van der Waals surface area contributed by atoms with E-state index >= 15 is 0 Å². The lowest BCUT2D eigenvalue weighted by Crippen LogP contribution is -2.43. The van der Waals surface area contributed by atoms with Crippen LogP contribution in [0.15, 0.2) is 41.6 Å². The van der Waals surface area contributed by atoms with Gasteiger partial charge in [0.1, 0.15) is 0 Å². The normalized spacial score (nSPS) is 20.2. The van der Waals surface area contributed by atoms with Crippen LogP contribution in [-0.2, 0) is 19.1 Å². The zero-order chi connectivity index (χ0) is 16.1. The number of rotatable bonds is 0. The van der Waals surface area contributed by atoms with Crippen LogP contribution in [0.4, 0.5) is 5.69 Å². The number of nitrogens with zero attached hydrogens (tertiary/aromatic N) is 1. The minimum Gasteiger partial charge on any atom is -0.419 e. The lowest BCUT2D eigenvalue weighted by atomic mass is 9.97. The highest BCUT2D eigenvalue weighted by Crippen LogP contribution is 2.37. The SMILES string of the molecule is CC1=CC(=C2C(=O)OC(C)(C)OC2=O)N(C)c2ccccc21. The molecule has 0 radical (unpaired) electrons. The summed E-state index contributed by atoms with van der Waals surface area (Å²) >= 11 is 0. The molecule has 0 aliphatic carbocycles. The topological polar surface area (TPSA) is 55.8 Å². The van der Waals surface area contributed by atoms with E-state index in [0.29, 0.717) is 5.70 Å². The van der Waals surface area contributed by atoms with E-state index in [4.69, 9.17) is 9.47 Å². The third-order valence-electron chi connectivity index (χ3n) is 3.75. The summed E-state index contributed by atoms with van der Waals surface area (Å²) in [6.07, 6.45) is 1.80. The number of fused-ring (bicyclic) bond motifs is 1. The molecule has 5 heteroatoms. The van der Waals surface area contributed by atoms with Gasteiger partial charge in [0.15, 0.2) is 5.57 Å². The molecule has 2 heterocycles. The molecule has 0 bridgehead atoms. The highest BCUT2D eigenvalue weighted by molar-refractivity contribution is 6.17. The third-order valence-corrected chi connectivity index (χ3v) is 3.75. The molecule has 0 aromatic heterocycles. The van der Waals surface area contributed by atoms with E-state index in [1.807, 2.05) is 38.2 Å². The van der Waals surface area contributed by atoms with E-state index in [2.05, 4.69) is 0 Å². The van der Waals surface area contributed by atoms with Crippen molar-refractivity contribution in [3.05, 3.63) is 47.2 Å². The van der Waals surface area contributed by atoms with Gasteiger partial charge < -0.3 is 14.4 Å². The number of anilines is 1. The Hall–Kier alpha value is -2.56. The summed E-state index contributed by atoms with van der Waals surface area (Å²) in [5, 5.41) is 0. The van der Waals surface area contributed by atoms with Gasteiger partial charge in [-0.2, -0.15) is 0 Å². The first-order valence-electron chi connectivity index (χ1n) is 7.02. The van der Waals surface area contributed by atoms with Gasteiger partial charge in [-0.15, -0.1) is 0 Å². The highest BCUT2D eigenvalue weighted by Gasteiger charge is 2.41. The van der Waals surface area contributed by atoms with Crippen molar-refractivity contribution in [3.8, 4) is 0 Å². The monoisotopic (exact) mass is 299 g/mol. The fraction of sp³-hybridized carbons (Fsp3) is 0.294. The van der Waals surface area contributed by atoms with Crippen LogP contribution >= 0.6 is 0 Å². The molecule has 0 spiro atoms. The number of carbonyl (C=O) groups is 2. The molecule has 5 nitrogen and oxygen atoms in total. The lowest BCUT2D eigenvalue weighted by molar-refractivity contribution is -0.222. The van der Waals surface area contributed by atoms with E-state index in [-0.39, 0.29) is 5.57 Å². The number of ether oxygens (including phenoxy) is 2. The number of para-hydroxylation sites is 1. The number of hydrogen-bond acceptors (Lipinski definition) is 5. The number of cyclic esters (lactones) is 2. The lowest BCUT2D eigenvalue weighted by Gasteiger charge is -2.34. The predicted molar refractivity (Wildman–Crippen MR) is 81.8 cm³/mol. The maximum absolute atomic E-state index is 12.2. The van der Waals surface area contributed by atoms with Crippen molar-refractivity contribution < 1.29 is 19.1 Å². The van der Waals surface area contributed by atoms with Crippen molar-refractivity contribution in [3.63, 3.8) is 0 Å². The molecule has 22 heavy (non-hydrogen) atoms. The summed E-state index contributed by atoms with van der Waals surface area (Å²) in [4.78, 5) is 26.3. The average molecular weight is 299 g/mol. The van der Waals surface area contributed by atoms with Crippen LogP contribution < -0.4 is 4.90 Å². The number of benzene rings is 1. The Morgan fingerprint density at radius 1 is 1.05 bits per heavy atom. The van der Waals surface area contributed by atoms with E-state index in [9.17, 15) is 9.59 Å². The molecule has 2 aliphatic rings. The molecular formula is C17H17NO4. The van der Waals surface area contributed by atoms with Crippen molar-refractivity contribution in [2.75, 3.05) is 11.9 Å². The van der Waals surface area contributed by atoms with Gasteiger partial charge in [-0.05, 0) is 24.6 Å². The van der Waals surface area contributed by atoms with Gasteiger partial charge in [0, 0.05) is 32.1 Å². The Morgan fingerprint density at radius 3 is 2.27 bits per heavy atom. The molecule has 2 aliphatic heterocycles. The van der Waals surface area contributed by atoms with Gasteiger partial charge in [0.2, 0.25) is 0 Å². The van der Waals surface area contributed by atoms with Crippen molar-refractivity contribution in [2.24, 2.45) is 0 Å². The van der Waals surface area contributed by atoms with Crippen molar-refractivity contribution in [1.82, 2.24) is 0 Å².